The largest absolute Gasteiger partial charge is 0.460 e. The second-order valence-corrected chi connectivity index (χ2v) is 24.4. The summed E-state index contributed by atoms with van der Waals surface area (Å²) < 4.78 is 34.9. The predicted octanol–water partition coefficient (Wildman–Crippen LogP) is 15.9. The van der Waals surface area contributed by atoms with Gasteiger partial charge in [-0.1, -0.05) is 216 Å². The Morgan fingerprint density at radius 1 is 0.506 bits per heavy atom. The van der Waals surface area contributed by atoms with Gasteiger partial charge in [0.05, 0.1) is 32.3 Å². The zero-order valence-corrected chi connectivity index (χ0v) is 53.1. The average Bonchev–Trinajstić information content (AvgIpc) is 2.91. The second-order valence-electron chi connectivity index (χ2n) is 24.0. The summed E-state index contributed by atoms with van der Waals surface area (Å²) >= 11 is 7.00. The van der Waals surface area contributed by atoms with Crippen molar-refractivity contribution in [2.45, 2.75) is 180 Å². The molecule has 2 amide bonds. The second kappa shape index (κ2) is 38.8. The molecule has 0 spiro atoms. The molecule has 6 rings (SSSR count). The van der Waals surface area contributed by atoms with Gasteiger partial charge >= 0.3 is 18.0 Å². The van der Waals surface area contributed by atoms with Gasteiger partial charge in [-0.3, -0.25) is 19.2 Å². The smallest absolute Gasteiger partial charge is 0.407 e. The number of rotatable bonds is 43. The number of hydrogen-bond acceptors (Lipinski definition) is 11. The standard InChI is InChI=1S/C73H97ClN2O11/c1-56-40-43-59(44-41-56)73(58-30-18-17-19-31-58,66-37-26-27-38-67(66)74)87-70(80)57(54-60(77)32-20-15-13-11-9-7-5-6-8-10-12-14-16-21-39-69(79)86-72(2,3)4)42-45-68(78)75-46-28-48-82-50-52-84-53-51-83-49-29-47-76-71(81)85-55-65-63-35-24-22-33-61(63)62-34-23-25-36-64(62)65/h17-19,22-27,30-31,33-38,40-41,43-44,57,65H,5-16,20-21,28-29,32,39,42,45-55H2,1-4H3,(H,75,78)(H,76,81)/t57-,73?/m1/s1. The number of benzene rings is 5. The molecule has 0 saturated carbocycles. The van der Waals surface area contributed by atoms with Gasteiger partial charge < -0.3 is 39.1 Å². The molecule has 0 aliphatic heterocycles. The van der Waals surface area contributed by atoms with Crippen LogP contribution in [0.2, 0.25) is 5.02 Å². The summed E-state index contributed by atoms with van der Waals surface area (Å²) in [5, 5.41) is 6.21. The van der Waals surface area contributed by atoms with Crippen molar-refractivity contribution in [1.29, 1.82) is 0 Å². The van der Waals surface area contributed by atoms with Crippen molar-refractivity contribution in [2.24, 2.45) is 5.92 Å². The fraction of sp³-hybridized carbons (Fsp3) is 0.521. The SMILES string of the molecule is Cc1ccc(C(OC(=O)[C@H](CCC(=O)NCCCOCCOCCOCCCNC(=O)OCC2c3ccccc3-c3ccccc32)CC(=O)CCCCCCCCCCCCCCCCC(=O)OC(C)(C)C)(c2ccccc2)c2ccccc2Cl)cc1. The number of ether oxygens (including phenoxy) is 6. The molecule has 0 bridgehead atoms. The molecular formula is C73H97ClN2O11. The van der Waals surface area contributed by atoms with E-state index >= 15 is 0 Å². The third-order valence-electron chi connectivity index (χ3n) is 15.8. The van der Waals surface area contributed by atoms with E-state index < -0.39 is 29.2 Å². The molecule has 0 aromatic heterocycles. The molecule has 87 heavy (non-hydrogen) atoms. The molecule has 472 valence electrons. The molecule has 1 aliphatic rings. The van der Waals surface area contributed by atoms with Crippen molar-refractivity contribution in [2.75, 3.05) is 59.3 Å². The summed E-state index contributed by atoms with van der Waals surface area (Å²) in [6, 6.07) is 41.3. The number of fused-ring (bicyclic) bond motifs is 3. The zero-order chi connectivity index (χ0) is 62.0. The molecule has 0 fully saturated rings. The van der Waals surface area contributed by atoms with Crippen molar-refractivity contribution in [1.82, 2.24) is 10.6 Å². The lowest BCUT2D eigenvalue weighted by Gasteiger charge is -2.37. The first kappa shape index (κ1) is 69.7. The molecule has 0 heterocycles. The van der Waals surface area contributed by atoms with Crippen LogP contribution in [0.4, 0.5) is 4.79 Å². The quantitative estimate of drug-likeness (QED) is 0.0165. The number of carbonyl (C=O) groups excluding carboxylic acids is 5. The third kappa shape index (κ3) is 24.6. The van der Waals surface area contributed by atoms with Gasteiger partial charge in [0.15, 0.2) is 5.60 Å². The number of halogens is 1. The van der Waals surface area contributed by atoms with Gasteiger partial charge in [-0.15, -0.1) is 0 Å². The average molecular weight is 1210 g/mol. The Balaban J connectivity index is 0.864. The Hall–Kier alpha value is -6.38. The van der Waals surface area contributed by atoms with E-state index in [1.807, 2.05) is 125 Å². The maximum absolute atomic E-state index is 14.9. The van der Waals surface area contributed by atoms with Crippen LogP contribution in [-0.4, -0.2) is 94.7 Å². The van der Waals surface area contributed by atoms with Crippen molar-refractivity contribution in [3.8, 4) is 11.1 Å². The number of Topliss-reactive ketones (excluding diaryl/α,β-unsaturated/α-hetero) is 1. The van der Waals surface area contributed by atoms with E-state index in [0.29, 0.717) is 100 Å². The minimum atomic E-state index is -1.45. The van der Waals surface area contributed by atoms with Crippen LogP contribution in [-0.2, 0) is 53.2 Å². The maximum Gasteiger partial charge on any atom is 0.407 e. The van der Waals surface area contributed by atoms with Crippen molar-refractivity contribution < 1.29 is 52.4 Å². The number of hydrogen-bond donors (Lipinski definition) is 2. The first-order valence-electron chi connectivity index (χ1n) is 32.2. The lowest BCUT2D eigenvalue weighted by Crippen LogP contribution is -2.38. The Bertz CT molecular complexity index is 2790. The molecule has 2 atom stereocenters. The Morgan fingerprint density at radius 3 is 1.55 bits per heavy atom. The molecule has 5 aromatic rings. The molecule has 14 heteroatoms. The predicted molar refractivity (Wildman–Crippen MR) is 345 cm³/mol. The highest BCUT2D eigenvalue weighted by atomic mass is 35.5. The number of unbranched alkanes of at least 4 members (excludes halogenated alkanes) is 13. The monoisotopic (exact) mass is 1210 g/mol. The summed E-state index contributed by atoms with van der Waals surface area (Å²) in [4.78, 5) is 66.5. The van der Waals surface area contributed by atoms with E-state index in [2.05, 4.69) is 34.9 Å². The van der Waals surface area contributed by atoms with Gasteiger partial charge in [0, 0.05) is 79.6 Å². The molecule has 0 saturated heterocycles. The number of esters is 2. The topological polar surface area (TPSA) is 165 Å². The summed E-state index contributed by atoms with van der Waals surface area (Å²) in [6.07, 6.45) is 17.3. The van der Waals surface area contributed by atoms with Crippen LogP contribution in [0, 0.1) is 12.8 Å². The number of aryl methyl sites for hydroxylation is 1. The van der Waals surface area contributed by atoms with E-state index in [4.69, 9.17) is 40.0 Å². The maximum atomic E-state index is 14.9. The molecule has 5 aromatic carbocycles. The molecule has 0 radical (unpaired) electrons. The van der Waals surface area contributed by atoms with Gasteiger partial charge in [-0.05, 0) is 88.1 Å². The summed E-state index contributed by atoms with van der Waals surface area (Å²) in [6.45, 7) is 11.3. The number of amides is 2. The Kier molecular flexibility index (Phi) is 31.1. The van der Waals surface area contributed by atoms with Crippen molar-refractivity contribution in [3.05, 3.63) is 166 Å². The Labute approximate surface area is 523 Å². The van der Waals surface area contributed by atoms with Gasteiger partial charge in [0.25, 0.3) is 0 Å². The van der Waals surface area contributed by atoms with Crippen LogP contribution < -0.4 is 10.6 Å². The molecule has 2 N–H and O–H groups in total. The fourth-order valence-electron chi connectivity index (χ4n) is 11.2. The molecule has 1 unspecified atom stereocenters. The number of carbonyl (C=O) groups is 5. The fourth-order valence-corrected chi connectivity index (χ4v) is 11.5. The van der Waals surface area contributed by atoms with E-state index in [-0.39, 0.29) is 49.4 Å². The number of alkyl carbamates (subject to hydrolysis) is 1. The van der Waals surface area contributed by atoms with E-state index in [1.54, 1.807) is 6.07 Å². The van der Waals surface area contributed by atoms with E-state index in [0.717, 1.165) is 50.5 Å². The molecule has 13 nitrogen and oxygen atoms in total. The highest BCUT2D eigenvalue weighted by Crippen LogP contribution is 2.46. The minimum absolute atomic E-state index is 0.0148. The van der Waals surface area contributed by atoms with Crippen LogP contribution in [0.1, 0.15) is 195 Å². The summed E-state index contributed by atoms with van der Waals surface area (Å²) in [7, 11) is 0. The number of nitrogens with one attached hydrogen (secondary N) is 2. The first-order chi connectivity index (χ1) is 42.2. The van der Waals surface area contributed by atoms with E-state index in [1.165, 1.54) is 67.2 Å². The lowest BCUT2D eigenvalue weighted by atomic mass is 9.79. The van der Waals surface area contributed by atoms with Crippen LogP contribution in [0.15, 0.2) is 127 Å². The molecular weight excluding hydrogens is 1120 g/mol. The van der Waals surface area contributed by atoms with Gasteiger partial charge in [-0.2, -0.15) is 0 Å². The number of ketones is 1. The van der Waals surface area contributed by atoms with E-state index in [9.17, 15) is 24.0 Å². The molecule has 1 aliphatic carbocycles. The van der Waals surface area contributed by atoms with Crippen molar-refractivity contribution in [3.63, 3.8) is 0 Å². The highest BCUT2D eigenvalue weighted by Gasteiger charge is 2.44. The zero-order valence-electron chi connectivity index (χ0n) is 52.4. The van der Waals surface area contributed by atoms with Crippen LogP contribution in [0.5, 0.6) is 0 Å². The Morgan fingerprint density at radius 2 is 0.989 bits per heavy atom. The van der Waals surface area contributed by atoms with Crippen molar-refractivity contribution >= 4 is 41.3 Å². The first-order valence-corrected chi connectivity index (χ1v) is 32.6. The lowest BCUT2D eigenvalue weighted by molar-refractivity contribution is -0.160. The van der Waals surface area contributed by atoms with Crippen LogP contribution in [0.3, 0.4) is 0 Å². The van der Waals surface area contributed by atoms with Gasteiger partial charge in [0.2, 0.25) is 5.91 Å². The van der Waals surface area contributed by atoms with Crippen LogP contribution >= 0.6 is 11.6 Å². The highest BCUT2D eigenvalue weighted by molar-refractivity contribution is 6.31. The van der Waals surface area contributed by atoms with Gasteiger partial charge in [0.1, 0.15) is 18.0 Å². The third-order valence-corrected chi connectivity index (χ3v) is 16.1. The summed E-state index contributed by atoms with van der Waals surface area (Å²) in [5.74, 6) is -1.78. The van der Waals surface area contributed by atoms with Gasteiger partial charge in [-0.25, -0.2) is 4.79 Å². The normalized spacial score (nSPS) is 13.0. The summed E-state index contributed by atoms with van der Waals surface area (Å²) in [5.41, 5.74) is 5.90. The minimum Gasteiger partial charge on any atom is -0.460 e. The van der Waals surface area contributed by atoms with Crippen LogP contribution in [0.25, 0.3) is 11.1 Å².